The largest absolute Gasteiger partial charge is 0.385 e. The standard InChI is InChI=1S/C28H36ClN5O3/c1-3-20-9-6-10-21(17-20)27-23(12-7-13-24(27)29)28(36,14-4-5-16-37-2)22-11-8-15-34(19-22)26(35)18-25-30-32-33-31-25/h6-7,9-10,12-13,17,22,36H,3-5,8,11,14-16,18-19H2,1-2H3,(H,30,31,32,33)/t22-,28+/m1/s1. The highest BCUT2D eigenvalue weighted by molar-refractivity contribution is 6.33. The molecule has 8 nitrogen and oxygen atoms in total. The molecule has 0 saturated carbocycles. The first kappa shape index (κ1) is 27.2. The number of likely N-dealkylation sites (tertiary alicyclic amines) is 1. The molecule has 3 aromatic rings. The second kappa shape index (κ2) is 12.6. The van der Waals surface area contributed by atoms with Crippen LogP contribution in [0.1, 0.15) is 56.0 Å². The number of hydrogen-bond acceptors (Lipinski definition) is 6. The Morgan fingerprint density at radius 1 is 1.27 bits per heavy atom. The monoisotopic (exact) mass is 525 g/mol. The average Bonchev–Trinajstić information content (AvgIpc) is 3.44. The number of methoxy groups -OCH3 is 1. The predicted octanol–water partition coefficient (Wildman–Crippen LogP) is 4.57. The number of tetrazole rings is 1. The summed E-state index contributed by atoms with van der Waals surface area (Å²) in [4.78, 5) is 14.9. The Morgan fingerprint density at radius 3 is 2.86 bits per heavy atom. The van der Waals surface area contributed by atoms with Crippen LogP contribution in [-0.4, -0.2) is 63.3 Å². The van der Waals surface area contributed by atoms with Gasteiger partial charge in [-0.3, -0.25) is 4.79 Å². The SMILES string of the molecule is CCc1cccc(-c2c(Cl)cccc2[C@](O)(CCCCOC)[C@@H]2CCCN(C(=O)Cc3nn[nH]n3)C2)c1. The third-order valence-corrected chi connectivity index (χ3v) is 7.72. The van der Waals surface area contributed by atoms with Crippen molar-refractivity contribution in [1.82, 2.24) is 25.5 Å². The summed E-state index contributed by atoms with van der Waals surface area (Å²) in [6.45, 7) is 3.87. The van der Waals surface area contributed by atoms with Gasteiger partial charge in [0, 0.05) is 43.3 Å². The van der Waals surface area contributed by atoms with Crippen LogP contribution < -0.4 is 0 Å². The third-order valence-electron chi connectivity index (χ3n) is 7.41. The van der Waals surface area contributed by atoms with E-state index >= 15 is 0 Å². The van der Waals surface area contributed by atoms with E-state index in [0.717, 1.165) is 48.8 Å². The van der Waals surface area contributed by atoms with Crippen LogP contribution in [0.15, 0.2) is 42.5 Å². The quantitative estimate of drug-likeness (QED) is 0.355. The smallest absolute Gasteiger partial charge is 0.230 e. The number of aromatic amines is 1. The minimum Gasteiger partial charge on any atom is -0.385 e. The van der Waals surface area contributed by atoms with Crippen molar-refractivity contribution in [3.63, 3.8) is 0 Å². The Morgan fingerprint density at radius 2 is 2.11 bits per heavy atom. The lowest BCUT2D eigenvalue weighted by molar-refractivity contribution is -0.136. The number of aromatic nitrogens is 4. The fourth-order valence-electron chi connectivity index (χ4n) is 5.42. The van der Waals surface area contributed by atoms with Crippen molar-refractivity contribution in [3.05, 3.63) is 64.4 Å². The molecule has 2 N–H and O–H groups in total. The number of carbonyl (C=O) groups is 1. The van der Waals surface area contributed by atoms with Crippen molar-refractivity contribution < 1.29 is 14.6 Å². The molecular formula is C28H36ClN5O3. The van der Waals surface area contributed by atoms with E-state index in [4.69, 9.17) is 16.3 Å². The number of rotatable bonds is 11. The minimum atomic E-state index is -1.17. The van der Waals surface area contributed by atoms with Crippen molar-refractivity contribution in [2.24, 2.45) is 5.92 Å². The number of nitrogens with zero attached hydrogens (tertiary/aromatic N) is 4. The van der Waals surface area contributed by atoms with Gasteiger partial charge in [-0.1, -0.05) is 60.1 Å². The number of hydrogen-bond donors (Lipinski definition) is 2. The fraction of sp³-hybridized carbons (Fsp3) is 0.500. The lowest BCUT2D eigenvalue weighted by Crippen LogP contribution is -2.48. The van der Waals surface area contributed by atoms with Crippen LogP contribution >= 0.6 is 11.6 Å². The number of piperidine rings is 1. The first-order chi connectivity index (χ1) is 18.0. The zero-order valence-corrected chi connectivity index (χ0v) is 22.4. The summed E-state index contributed by atoms with van der Waals surface area (Å²) < 4.78 is 5.27. The topological polar surface area (TPSA) is 104 Å². The number of H-pyrrole nitrogens is 1. The van der Waals surface area contributed by atoms with Crippen LogP contribution in [0.2, 0.25) is 5.02 Å². The molecule has 1 saturated heterocycles. The van der Waals surface area contributed by atoms with E-state index in [1.54, 1.807) is 7.11 Å². The fourth-order valence-corrected chi connectivity index (χ4v) is 5.71. The predicted molar refractivity (Wildman–Crippen MR) is 143 cm³/mol. The molecule has 0 aliphatic carbocycles. The summed E-state index contributed by atoms with van der Waals surface area (Å²) in [5.41, 5.74) is 2.73. The molecule has 0 spiro atoms. The second-order valence-electron chi connectivity index (χ2n) is 9.77. The Hall–Kier alpha value is -2.81. The van der Waals surface area contributed by atoms with Crippen LogP contribution in [0, 0.1) is 5.92 Å². The van der Waals surface area contributed by atoms with Gasteiger partial charge in [0.2, 0.25) is 5.91 Å². The number of carbonyl (C=O) groups excluding carboxylic acids is 1. The van der Waals surface area contributed by atoms with Gasteiger partial charge < -0.3 is 14.7 Å². The maximum Gasteiger partial charge on any atom is 0.230 e. The van der Waals surface area contributed by atoms with E-state index in [-0.39, 0.29) is 18.2 Å². The van der Waals surface area contributed by atoms with E-state index in [9.17, 15) is 9.90 Å². The van der Waals surface area contributed by atoms with Gasteiger partial charge in [0.05, 0.1) is 12.0 Å². The Labute approximate surface area is 223 Å². The molecule has 0 radical (unpaired) electrons. The molecule has 1 aliphatic rings. The van der Waals surface area contributed by atoms with E-state index in [1.165, 1.54) is 5.56 Å². The summed E-state index contributed by atoms with van der Waals surface area (Å²) in [5, 5.41) is 27.0. The molecular weight excluding hydrogens is 490 g/mol. The number of aryl methyl sites for hydroxylation is 1. The van der Waals surface area contributed by atoms with Gasteiger partial charge in [0.25, 0.3) is 0 Å². The van der Waals surface area contributed by atoms with Gasteiger partial charge in [-0.25, -0.2) is 0 Å². The first-order valence-corrected chi connectivity index (χ1v) is 13.4. The molecule has 9 heteroatoms. The van der Waals surface area contributed by atoms with Gasteiger partial charge >= 0.3 is 0 Å². The molecule has 0 bridgehead atoms. The van der Waals surface area contributed by atoms with Crippen molar-refractivity contribution in [2.75, 3.05) is 26.8 Å². The minimum absolute atomic E-state index is 0.0604. The number of aliphatic hydroxyl groups is 1. The number of amides is 1. The van der Waals surface area contributed by atoms with E-state index in [0.29, 0.717) is 37.0 Å². The summed E-state index contributed by atoms with van der Waals surface area (Å²) in [6, 6.07) is 14.1. The zero-order chi connectivity index (χ0) is 26.3. The number of unbranched alkanes of at least 4 members (excludes halogenated alkanes) is 1. The molecule has 2 aromatic carbocycles. The summed E-state index contributed by atoms with van der Waals surface area (Å²) in [6.07, 6.45) is 4.80. The Kier molecular flexibility index (Phi) is 9.29. The third kappa shape index (κ3) is 6.37. The van der Waals surface area contributed by atoms with Crippen molar-refractivity contribution in [3.8, 4) is 11.1 Å². The number of benzene rings is 2. The van der Waals surface area contributed by atoms with Crippen molar-refractivity contribution in [1.29, 1.82) is 0 Å². The summed E-state index contributed by atoms with van der Waals surface area (Å²) >= 11 is 6.83. The summed E-state index contributed by atoms with van der Waals surface area (Å²) in [7, 11) is 1.69. The van der Waals surface area contributed by atoms with E-state index in [2.05, 4.69) is 45.7 Å². The van der Waals surface area contributed by atoms with Crippen molar-refractivity contribution in [2.45, 2.75) is 57.5 Å². The first-order valence-electron chi connectivity index (χ1n) is 13.1. The molecule has 198 valence electrons. The van der Waals surface area contributed by atoms with Crippen LogP contribution in [-0.2, 0) is 28.0 Å². The van der Waals surface area contributed by atoms with Crippen LogP contribution in [0.4, 0.5) is 0 Å². The molecule has 37 heavy (non-hydrogen) atoms. The van der Waals surface area contributed by atoms with Gasteiger partial charge in [-0.05, 0) is 61.3 Å². The average molecular weight is 526 g/mol. The highest BCUT2D eigenvalue weighted by Gasteiger charge is 2.42. The summed E-state index contributed by atoms with van der Waals surface area (Å²) in [5.74, 6) is 0.161. The highest BCUT2D eigenvalue weighted by Crippen LogP contribution is 2.46. The number of ether oxygens (including phenoxy) is 1. The van der Waals surface area contributed by atoms with Gasteiger partial charge in [0.15, 0.2) is 5.82 Å². The molecule has 1 aromatic heterocycles. The molecule has 1 amide bonds. The second-order valence-corrected chi connectivity index (χ2v) is 10.2. The van der Waals surface area contributed by atoms with Gasteiger partial charge in [0.1, 0.15) is 0 Å². The molecule has 2 heterocycles. The van der Waals surface area contributed by atoms with Gasteiger partial charge in [-0.2, -0.15) is 5.21 Å². The van der Waals surface area contributed by atoms with E-state index in [1.807, 2.05) is 29.2 Å². The maximum atomic E-state index is 13.1. The van der Waals surface area contributed by atoms with Crippen molar-refractivity contribution >= 4 is 17.5 Å². The number of halogens is 1. The normalized spacial score (nSPS) is 17.5. The van der Waals surface area contributed by atoms with Gasteiger partial charge in [-0.15, -0.1) is 10.2 Å². The lowest BCUT2D eigenvalue weighted by Gasteiger charge is -2.44. The van der Waals surface area contributed by atoms with Crippen LogP contribution in [0.3, 0.4) is 0 Å². The Balaban J connectivity index is 1.69. The molecule has 0 unspecified atom stereocenters. The molecule has 1 aliphatic heterocycles. The van der Waals surface area contributed by atoms with Crippen LogP contribution in [0.25, 0.3) is 11.1 Å². The lowest BCUT2D eigenvalue weighted by atomic mass is 9.72. The maximum absolute atomic E-state index is 13.1. The zero-order valence-electron chi connectivity index (χ0n) is 21.6. The van der Waals surface area contributed by atoms with E-state index < -0.39 is 5.60 Å². The molecule has 2 atom stereocenters. The van der Waals surface area contributed by atoms with Crippen LogP contribution in [0.5, 0.6) is 0 Å². The number of nitrogens with one attached hydrogen (secondary N) is 1. The molecule has 4 rings (SSSR count). The Bertz CT molecular complexity index is 1170. The highest BCUT2D eigenvalue weighted by atomic mass is 35.5. The molecule has 1 fully saturated rings.